The van der Waals surface area contributed by atoms with Crippen molar-refractivity contribution in [1.82, 2.24) is 0 Å². The van der Waals surface area contributed by atoms with Gasteiger partial charge in [-0.3, -0.25) is 14.4 Å². The number of carbonyl (C=O) groups is 4. The van der Waals surface area contributed by atoms with Crippen LogP contribution in [0, 0.1) is 0 Å². The number of aryl methyl sites for hydroxylation is 2. The molecular formula is C27H20O11. The predicted octanol–water partition coefficient (Wildman–Crippen LogP) is 3.70. The Kier molecular flexibility index (Phi) is 6.85. The van der Waals surface area contributed by atoms with E-state index in [1.54, 1.807) is 0 Å². The number of aromatic hydroxyl groups is 1. The summed E-state index contributed by atoms with van der Waals surface area (Å²) in [4.78, 5) is 58.8. The predicted molar refractivity (Wildman–Crippen MR) is 132 cm³/mol. The van der Waals surface area contributed by atoms with Gasteiger partial charge < -0.3 is 29.9 Å². The average Bonchev–Trinajstić information content (AvgIpc) is 2.84. The first-order valence-corrected chi connectivity index (χ1v) is 11.3. The van der Waals surface area contributed by atoms with E-state index in [2.05, 4.69) is 0 Å². The second-order valence-corrected chi connectivity index (χ2v) is 8.57. The van der Waals surface area contributed by atoms with E-state index < -0.39 is 29.3 Å². The molecular weight excluding hydrogens is 500 g/mol. The van der Waals surface area contributed by atoms with Crippen molar-refractivity contribution < 1.29 is 49.1 Å². The molecule has 1 aliphatic carbocycles. The van der Waals surface area contributed by atoms with Crippen LogP contribution >= 0.6 is 0 Å². The van der Waals surface area contributed by atoms with Crippen molar-refractivity contribution in [2.75, 3.05) is 0 Å². The lowest BCUT2D eigenvalue weighted by Crippen LogP contribution is -2.12. The van der Waals surface area contributed by atoms with Gasteiger partial charge in [0.2, 0.25) is 0 Å². The summed E-state index contributed by atoms with van der Waals surface area (Å²) in [6.07, 6.45) is -0.851. The van der Waals surface area contributed by atoms with Gasteiger partial charge in [-0.25, -0.2) is 9.59 Å². The summed E-state index contributed by atoms with van der Waals surface area (Å²) in [7, 11) is 0. The van der Waals surface area contributed by atoms with Crippen molar-refractivity contribution in [3.8, 4) is 28.2 Å². The average molecular weight is 520 g/mol. The summed E-state index contributed by atoms with van der Waals surface area (Å²) >= 11 is 0. The lowest BCUT2D eigenvalue weighted by atomic mass is 9.87. The fraction of sp³-hybridized carbons (Fsp3) is 0.148. The normalized spacial score (nSPS) is 11.1. The zero-order chi connectivity index (χ0) is 27.7. The molecule has 1 aliphatic heterocycles. The fourth-order valence-corrected chi connectivity index (χ4v) is 4.28. The molecule has 0 atom stereocenters. The lowest BCUT2D eigenvalue weighted by molar-refractivity contribution is -0.138. The monoisotopic (exact) mass is 520 g/mol. The number of phenols is 1. The molecule has 11 heteroatoms. The van der Waals surface area contributed by atoms with Crippen molar-refractivity contribution in [2.24, 2.45) is 0 Å². The topological polar surface area (TPSA) is 200 Å². The van der Waals surface area contributed by atoms with Crippen LogP contribution < -0.4 is 5.43 Å². The zero-order valence-corrected chi connectivity index (χ0v) is 19.6. The third-order valence-electron chi connectivity index (χ3n) is 6.08. The maximum Gasteiger partial charge on any atom is 0.336 e. The Labute approximate surface area is 213 Å². The van der Waals surface area contributed by atoms with Crippen molar-refractivity contribution in [3.05, 3.63) is 74.9 Å². The van der Waals surface area contributed by atoms with Gasteiger partial charge in [0.15, 0.2) is 5.43 Å². The van der Waals surface area contributed by atoms with Gasteiger partial charge in [-0.2, -0.15) is 0 Å². The van der Waals surface area contributed by atoms with E-state index in [0.717, 1.165) is 24.3 Å². The van der Waals surface area contributed by atoms with Gasteiger partial charge in [-0.15, -0.1) is 0 Å². The number of aromatic carboxylic acids is 2. The van der Waals surface area contributed by atoms with Crippen LogP contribution in [0.25, 0.3) is 33.4 Å². The zero-order valence-electron chi connectivity index (χ0n) is 19.6. The Morgan fingerprint density at radius 1 is 0.737 bits per heavy atom. The molecule has 4 rings (SSSR count). The summed E-state index contributed by atoms with van der Waals surface area (Å²) in [5.41, 5.74) is -0.300. The van der Waals surface area contributed by atoms with Crippen molar-refractivity contribution in [3.63, 3.8) is 0 Å². The summed E-state index contributed by atoms with van der Waals surface area (Å²) in [6, 6.07) is 8.54. The van der Waals surface area contributed by atoms with Gasteiger partial charge in [0.25, 0.3) is 0 Å². The van der Waals surface area contributed by atoms with Crippen LogP contribution in [0.1, 0.15) is 44.7 Å². The van der Waals surface area contributed by atoms with Gasteiger partial charge in [-0.1, -0.05) is 0 Å². The molecule has 194 valence electrons. The molecule has 2 aromatic carbocycles. The van der Waals surface area contributed by atoms with Crippen LogP contribution in [0.3, 0.4) is 0 Å². The Bertz CT molecular complexity index is 1660. The van der Waals surface area contributed by atoms with Crippen molar-refractivity contribution in [2.45, 2.75) is 25.7 Å². The molecule has 0 saturated heterocycles. The Morgan fingerprint density at radius 3 is 2.00 bits per heavy atom. The molecule has 11 nitrogen and oxygen atoms in total. The number of carboxylic acid groups (broad SMARTS) is 4. The van der Waals surface area contributed by atoms with Gasteiger partial charge in [-0.05, 0) is 54.3 Å². The van der Waals surface area contributed by atoms with E-state index >= 15 is 0 Å². The van der Waals surface area contributed by atoms with Crippen molar-refractivity contribution >= 4 is 34.8 Å². The maximum atomic E-state index is 12.7. The molecule has 0 aromatic heterocycles. The number of phenolic OH excluding ortho intramolecular Hbond substituents is 1. The van der Waals surface area contributed by atoms with Crippen LogP contribution in [0.2, 0.25) is 0 Å². The van der Waals surface area contributed by atoms with Gasteiger partial charge >= 0.3 is 23.9 Å². The SMILES string of the molecule is O=C(O)CCc1cc2c(-c3cc(C(=O)O)ccc3C(=O)O)c3cc(CCC(=O)O)c(=O)cc-3oc2cc1O. The van der Waals surface area contributed by atoms with Gasteiger partial charge in [0, 0.05) is 47.1 Å². The molecule has 0 bridgehead atoms. The standard InChI is InChI=1S/C27H20O11/c28-19-10-21-17(7-12(19)2-5-23(30)31)25(16-9-14(26(34)35)1-4-15(16)27(36)37)18-8-13(3-6-24(32)33)20(29)11-22(18)38-21/h1,4,7-11,28H,2-3,5-6H2,(H,30,31)(H,32,33)(H,34,35)(H,36,37). The molecule has 5 N–H and O–H groups in total. The minimum absolute atomic E-state index is 0.00803. The third kappa shape index (κ3) is 5.03. The van der Waals surface area contributed by atoms with Crippen LogP contribution in [0.15, 0.2) is 51.7 Å². The summed E-state index contributed by atoms with van der Waals surface area (Å²) in [5, 5.41) is 48.3. The Balaban J connectivity index is 2.16. The van der Waals surface area contributed by atoms with E-state index in [9.17, 15) is 39.3 Å². The minimum Gasteiger partial charge on any atom is -0.508 e. The van der Waals surface area contributed by atoms with Gasteiger partial charge in [0.05, 0.1) is 11.1 Å². The second-order valence-electron chi connectivity index (χ2n) is 8.57. The highest BCUT2D eigenvalue weighted by atomic mass is 16.4. The van der Waals surface area contributed by atoms with E-state index in [4.69, 9.17) is 14.6 Å². The summed E-state index contributed by atoms with van der Waals surface area (Å²) in [6.45, 7) is 0. The maximum absolute atomic E-state index is 12.7. The summed E-state index contributed by atoms with van der Waals surface area (Å²) < 4.78 is 5.85. The first-order chi connectivity index (χ1) is 18.0. The van der Waals surface area contributed by atoms with Crippen LogP contribution in [0.5, 0.6) is 5.75 Å². The highest BCUT2D eigenvalue weighted by Crippen LogP contribution is 2.43. The third-order valence-corrected chi connectivity index (χ3v) is 6.08. The molecule has 0 saturated carbocycles. The van der Waals surface area contributed by atoms with E-state index in [0.29, 0.717) is 0 Å². The first kappa shape index (κ1) is 25.9. The molecule has 0 fully saturated rings. The smallest absolute Gasteiger partial charge is 0.336 e. The quantitative estimate of drug-likeness (QED) is 0.202. The molecule has 0 amide bonds. The van der Waals surface area contributed by atoms with Crippen molar-refractivity contribution in [1.29, 1.82) is 0 Å². The number of aliphatic carboxylic acids is 2. The number of hydrogen-bond acceptors (Lipinski definition) is 7. The molecule has 2 aromatic rings. The molecule has 2 aliphatic rings. The first-order valence-electron chi connectivity index (χ1n) is 11.3. The number of rotatable bonds is 9. The largest absolute Gasteiger partial charge is 0.508 e. The summed E-state index contributed by atoms with van der Waals surface area (Å²) in [5.74, 6) is -5.22. The molecule has 38 heavy (non-hydrogen) atoms. The Morgan fingerprint density at radius 2 is 1.39 bits per heavy atom. The number of hydrogen-bond donors (Lipinski definition) is 5. The van der Waals surface area contributed by atoms with E-state index in [1.165, 1.54) is 18.2 Å². The molecule has 0 radical (unpaired) electrons. The molecule has 0 spiro atoms. The lowest BCUT2D eigenvalue weighted by Gasteiger charge is -2.19. The highest BCUT2D eigenvalue weighted by molar-refractivity contribution is 6.09. The minimum atomic E-state index is -1.37. The number of carboxylic acids is 4. The number of fused-ring (bicyclic) bond motifs is 2. The second kappa shape index (κ2) is 10.1. The number of benzene rings is 3. The van der Waals surface area contributed by atoms with Crippen LogP contribution in [-0.2, 0) is 22.4 Å². The van der Waals surface area contributed by atoms with E-state index in [1.807, 2.05) is 0 Å². The highest BCUT2D eigenvalue weighted by Gasteiger charge is 2.25. The van der Waals surface area contributed by atoms with Crippen LogP contribution in [0.4, 0.5) is 0 Å². The molecule has 0 unspecified atom stereocenters. The fourth-order valence-electron chi connectivity index (χ4n) is 4.28. The van der Waals surface area contributed by atoms with Gasteiger partial charge in [0.1, 0.15) is 17.1 Å². The van der Waals surface area contributed by atoms with Crippen LogP contribution in [-0.4, -0.2) is 49.4 Å². The molecule has 1 heterocycles. The Hall–Kier alpha value is -5.19. The van der Waals surface area contributed by atoms with E-state index in [-0.39, 0.29) is 87.1 Å².